The van der Waals surface area contributed by atoms with Crippen LogP contribution in [0.5, 0.6) is 0 Å². The quantitative estimate of drug-likeness (QED) is 0.0399. The highest BCUT2D eigenvalue weighted by molar-refractivity contribution is 7.46. The molecule has 40 nitrogen and oxygen atoms in total. The molecule has 0 saturated carbocycles. The Balaban J connectivity index is 1.46. The average molecular weight is 1240 g/mol. The Kier molecular flexibility index (Phi) is 22.5. The second-order valence-corrected chi connectivity index (χ2v) is 21.2. The number of carboxylic acid groups (broad SMARTS) is 4. The maximum absolute atomic E-state index is 13.8. The summed E-state index contributed by atoms with van der Waals surface area (Å²) in [5.74, 6) is -20.9. The van der Waals surface area contributed by atoms with Crippen LogP contribution in [0.25, 0.3) is 0 Å². The van der Waals surface area contributed by atoms with E-state index in [1.807, 2.05) is 0 Å². The predicted octanol–water partition coefficient (Wildman–Crippen LogP) is -13.3. The van der Waals surface area contributed by atoms with Gasteiger partial charge in [0.15, 0.2) is 12.6 Å². The number of rotatable bonds is 24. The normalized spacial score (nSPS) is 44.6. The van der Waals surface area contributed by atoms with Gasteiger partial charge in [0.05, 0.1) is 63.4 Å². The smallest absolute Gasteiger partial charge is 0.470 e. The van der Waals surface area contributed by atoms with Gasteiger partial charge in [-0.15, -0.1) is 0 Å². The van der Waals surface area contributed by atoms with Gasteiger partial charge in [0, 0.05) is 19.3 Å². The third kappa shape index (κ3) is 14.7. The highest BCUT2D eigenvalue weighted by Gasteiger charge is 2.66. The van der Waals surface area contributed by atoms with Gasteiger partial charge >= 0.3 is 31.7 Å². The molecule has 0 amide bonds. The topological polar surface area (TPSA) is 673 Å². The van der Waals surface area contributed by atoms with E-state index in [-0.39, 0.29) is 0 Å². The van der Waals surface area contributed by atoms with Crippen molar-refractivity contribution in [2.75, 3.05) is 33.0 Å². The van der Waals surface area contributed by atoms with Crippen molar-refractivity contribution in [1.82, 2.24) is 0 Å². The lowest BCUT2D eigenvalue weighted by atomic mass is 9.88. The average Bonchev–Trinajstić information content (AvgIpc) is 3.62. The largest absolute Gasteiger partial charge is 0.477 e. The number of aliphatic hydroxyl groups is 15. The molecule has 5 fully saturated rings. The minimum Gasteiger partial charge on any atom is -0.477 e. The van der Waals surface area contributed by atoms with E-state index in [0.29, 0.717) is 6.08 Å². The van der Waals surface area contributed by atoms with Crippen molar-refractivity contribution in [3.05, 3.63) is 11.8 Å². The maximum Gasteiger partial charge on any atom is 0.470 e. The van der Waals surface area contributed by atoms with Gasteiger partial charge in [-0.05, 0) is 6.08 Å². The van der Waals surface area contributed by atoms with Crippen LogP contribution in [0.2, 0.25) is 0 Å². The summed E-state index contributed by atoms with van der Waals surface area (Å²) in [7, 11) is -5.77. The van der Waals surface area contributed by atoms with Crippen molar-refractivity contribution in [3.8, 4) is 0 Å². The molecule has 0 aliphatic carbocycles. The zero-order valence-corrected chi connectivity index (χ0v) is 43.5. The summed E-state index contributed by atoms with van der Waals surface area (Å²) < 4.78 is 78.5. The summed E-state index contributed by atoms with van der Waals surface area (Å²) in [5, 5.41) is 202. The van der Waals surface area contributed by atoms with E-state index in [4.69, 9.17) is 68.1 Å². The molecule has 0 bridgehead atoms. The van der Waals surface area contributed by atoms with Crippen molar-refractivity contribution in [3.63, 3.8) is 0 Å². The summed E-state index contributed by atoms with van der Waals surface area (Å²) in [4.78, 5) is 72.4. The molecule has 0 unspecified atom stereocenters. The third-order valence-corrected chi connectivity index (χ3v) is 14.8. The van der Waals surface area contributed by atoms with Crippen LogP contribution < -0.4 is 11.5 Å². The molecule has 6 aliphatic heterocycles. The van der Waals surface area contributed by atoms with Crippen molar-refractivity contribution < 1.29 is 187 Å². The van der Waals surface area contributed by atoms with E-state index in [9.17, 15) is 131 Å². The molecule has 25 N–H and O–H groups in total. The molecule has 0 aromatic rings. The van der Waals surface area contributed by atoms with Crippen LogP contribution in [0.4, 0.5) is 0 Å². The zero-order chi connectivity index (χ0) is 62.2. The standard InChI is InChI=1S/C42H67N2O38P/c43-20-26(57)24(55)18(73-34(20)61)8-71-35-21(44)27(58)31(82-83(68,69)70)19(76-35)9-72-40(37(62)63)4-17(77-41(38(64)65)2-11(49)22(53)28(78-41)12(50)5-45)32(30(80-40)14(52)7-47)81-42(39(66)67)3-16(25(56)29(79-42)13(51)6-46)75-36-23(54)10(48)1-15(74-36)33(59)60/h1,10-14,16-32,34-36,45-58,61H,2-9,43-44H2,(H,59,60)(H,62,63)(H,64,65)(H,66,67)(H2,68,69,70)/t10-,11+,12+,13+,14+,16+,17+,18+,19+,20+,21+,22+,23+,24+,25+,26+,27+,28+,29+,30+,31+,32+,34-,35+,36-,40+,41+,42-/m0/s1. The summed E-state index contributed by atoms with van der Waals surface area (Å²) in [6.45, 7) is -6.70. The second kappa shape index (κ2) is 27.2. The number of hydrogen-bond acceptors (Lipinski definition) is 34. The highest BCUT2D eigenvalue weighted by atomic mass is 31.2. The zero-order valence-electron chi connectivity index (χ0n) is 42.6. The molecular weight excluding hydrogens is 1170 g/mol. The van der Waals surface area contributed by atoms with E-state index >= 15 is 0 Å². The second-order valence-electron chi connectivity index (χ2n) is 20.0. The first-order valence-electron chi connectivity index (χ1n) is 24.8. The Bertz CT molecular complexity index is 2320. The number of phosphoric ester groups is 1. The highest BCUT2D eigenvalue weighted by Crippen LogP contribution is 2.46. The Labute approximate surface area is 464 Å². The lowest BCUT2D eigenvalue weighted by Gasteiger charge is -2.53. The number of ether oxygens (including phenoxy) is 11. The van der Waals surface area contributed by atoms with E-state index in [2.05, 4.69) is 0 Å². The fraction of sp³-hybridized carbons (Fsp3) is 0.857. The van der Waals surface area contributed by atoms with Crippen molar-refractivity contribution >= 4 is 31.7 Å². The fourth-order valence-electron chi connectivity index (χ4n) is 9.78. The number of carboxylic acids is 4. The van der Waals surface area contributed by atoms with Crippen LogP contribution >= 0.6 is 7.82 Å². The molecule has 5 saturated heterocycles. The van der Waals surface area contributed by atoms with Gasteiger partial charge < -0.3 is 170 Å². The van der Waals surface area contributed by atoms with Crippen LogP contribution in [0.15, 0.2) is 11.8 Å². The molecule has 6 heterocycles. The van der Waals surface area contributed by atoms with E-state index < -0.39 is 260 Å². The van der Waals surface area contributed by atoms with E-state index in [1.165, 1.54) is 0 Å². The number of carbonyl (C=O) groups is 4. The van der Waals surface area contributed by atoms with Gasteiger partial charge in [-0.1, -0.05) is 0 Å². The summed E-state index contributed by atoms with van der Waals surface area (Å²) in [5.41, 5.74) is 11.7. The SMILES string of the molecule is N[C@@H]1[C@@H](O)[C@H](O)[C@@H](CO[C@@H]2O[C@H](CO[C@]3(C(=O)O)C[C@@H](O[C@]4(C(=O)O)C[C@@H](O)[C@@H](O)[C@@H]([C@H](O)CO)O4)[C@@H](O[C@]4(C(=O)O)C[C@@H](O[C@@H]5OC(C(=O)O)=C[C@H](O)[C@H]5O)[C@@H](O)[C@@H]([C@H](O)CO)O4)[C@@H]([C@H](O)CO)O3)[C@@H](OP(=O)(O)O)[C@H](O)[C@H]2N)O[C@@H]1O. The van der Waals surface area contributed by atoms with Gasteiger partial charge in [0.25, 0.3) is 17.4 Å². The summed E-state index contributed by atoms with van der Waals surface area (Å²) in [6.07, 6.45) is -56.8. The molecule has 0 spiro atoms. The maximum atomic E-state index is 13.8. The van der Waals surface area contributed by atoms with Crippen LogP contribution in [0.3, 0.4) is 0 Å². The third-order valence-electron chi connectivity index (χ3n) is 14.2. The number of hydrogen-bond donors (Lipinski definition) is 23. The van der Waals surface area contributed by atoms with Gasteiger partial charge in [0.1, 0.15) is 104 Å². The predicted molar refractivity (Wildman–Crippen MR) is 246 cm³/mol. The number of nitrogens with two attached hydrogens (primary N) is 2. The first-order valence-corrected chi connectivity index (χ1v) is 26.3. The molecule has 6 rings (SSSR count). The van der Waals surface area contributed by atoms with Gasteiger partial charge in [0.2, 0.25) is 12.0 Å². The number of aliphatic carboxylic acids is 4. The first-order chi connectivity index (χ1) is 38.6. The van der Waals surface area contributed by atoms with Crippen molar-refractivity contribution in [2.24, 2.45) is 11.5 Å². The van der Waals surface area contributed by atoms with E-state index in [1.54, 1.807) is 0 Å². The first kappa shape index (κ1) is 68.6. The van der Waals surface area contributed by atoms with E-state index in [0.717, 1.165) is 0 Å². The fourth-order valence-corrected chi connectivity index (χ4v) is 10.4. The minimum atomic E-state index is -5.77. The molecule has 0 aromatic heterocycles. The summed E-state index contributed by atoms with van der Waals surface area (Å²) in [6, 6.07) is -3.44. The number of aliphatic hydroxyl groups excluding tert-OH is 15. The molecular formula is C42H67N2O38P. The molecule has 41 heteroatoms. The lowest BCUT2D eigenvalue weighted by Crippen LogP contribution is -2.71. The number of phosphoric acid groups is 1. The monoisotopic (exact) mass is 1240 g/mol. The minimum absolute atomic E-state index is 0.513. The van der Waals surface area contributed by atoms with Crippen LogP contribution in [0.1, 0.15) is 19.3 Å². The summed E-state index contributed by atoms with van der Waals surface area (Å²) >= 11 is 0. The van der Waals surface area contributed by atoms with Gasteiger partial charge in [-0.3, -0.25) is 4.52 Å². The molecule has 28 atom stereocenters. The molecule has 6 aliphatic rings. The molecule has 0 aromatic carbocycles. The van der Waals surface area contributed by atoms with Crippen LogP contribution in [-0.2, 0) is 80.4 Å². The van der Waals surface area contributed by atoms with Crippen molar-refractivity contribution in [2.45, 2.75) is 190 Å². The molecule has 478 valence electrons. The molecule has 0 radical (unpaired) electrons. The Morgan fingerprint density at radius 3 is 1.67 bits per heavy atom. The van der Waals surface area contributed by atoms with Crippen LogP contribution in [-0.4, -0.2) is 334 Å². The van der Waals surface area contributed by atoms with Gasteiger partial charge in [-0.25, -0.2) is 23.7 Å². The van der Waals surface area contributed by atoms with Crippen molar-refractivity contribution in [1.29, 1.82) is 0 Å². The van der Waals surface area contributed by atoms with Gasteiger partial charge in [-0.2, -0.15) is 0 Å². The molecule has 83 heavy (non-hydrogen) atoms. The Hall–Kier alpha value is -3.55. The lowest BCUT2D eigenvalue weighted by molar-refractivity contribution is -0.408. The Morgan fingerprint density at radius 1 is 0.602 bits per heavy atom. The van der Waals surface area contributed by atoms with Crippen LogP contribution in [0, 0.1) is 0 Å². The Morgan fingerprint density at radius 2 is 1.13 bits per heavy atom.